The first-order valence-electron chi connectivity index (χ1n) is 8.85. The fourth-order valence-electron chi connectivity index (χ4n) is 2.99. The van der Waals surface area contributed by atoms with Crippen LogP contribution in [-0.4, -0.2) is 42.4 Å². The summed E-state index contributed by atoms with van der Waals surface area (Å²) >= 11 is 7.69. The molecule has 0 aliphatic heterocycles. The van der Waals surface area contributed by atoms with Crippen LogP contribution < -0.4 is 10.2 Å². The van der Waals surface area contributed by atoms with Crippen LogP contribution in [0.1, 0.15) is 10.4 Å². The molecule has 3 N–H and O–H groups in total. The molecule has 7 heteroatoms. The van der Waals surface area contributed by atoms with Crippen molar-refractivity contribution in [2.24, 2.45) is 0 Å². The number of aliphatic hydroxyl groups excluding tert-OH is 1. The molecule has 0 unspecified atom stereocenters. The first-order chi connectivity index (χ1) is 13.6. The van der Waals surface area contributed by atoms with E-state index in [0.717, 1.165) is 21.8 Å². The Morgan fingerprint density at radius 1 is 1.11 bits per heavy atom. The van der Waals surface area contributed by atoms with Crippen LogP contribution in [0.3, 0.4) is 0 Å². The monoisotopic (exact) mass is 416 g/mol. The molecule has 0 atom stereocenters. The summed E-state index contributed by atoms with van der Waals surface area (Å²) in [6.45, 7) is 1.83. The molecule has 0 aliphatic rings. The summed E-state index contributed by atoms with van der Waals surface area (Å²) in [7, 11) is 0. The van der Waals surface area contributed by atoms with E-state index >= 15 is 0 Å². The number of rotatable bonds is 9. The molecular formula is C21H21ClN2O3S. The van der Waals surface area contributed by atoms with Crippen LogP contribution in [0.4, 0.5) is 11.4 Å². The van der Waals surface area contributed by atoms with E-state index in [1.807, 2.05) is 53.4 Å². The summed E-state index contributed by atoms with van der Waals surface area (Å²) in [5.74, 6) is -0.922. The molecule has 2 aromatic carbocycles. The summed E-state index contributed by atoms with van der Waals surface area (Å²) in [6.07, 6.45) is 0. The molecule has 0 saturated heterocycles. The number of hydrogen-bond donors (Lipinski definition) is 3. The topological polar surface area (TPSA) is 72.8 Å². The second kappa shape index (κ2) is 9.59. The average Bonchev–Trinajstić information content (AvgIpc) is 3.18. The number of anilines is 2. The number of aromatic carboxylic acids is 1. The SMILES string of the molecule is O=C(O)c1ccsc1-c1cccc(NCCN(CCO)c2ccccc2Cl)c1. The Morgan fingerprint density at radius 3 is 2.68 bits per heavy atom. The number of thiophene rings is 1. The van der Waals surface area contributed by atoms with Crippen molar-refractivity contribution in [1.82, 2.24) is 0 Å². The second-order valence-electron chi connectivity index (χ2n) is 6.14. The lowest BCUT2D eigenvalue weighted by Crippen LogP contribution is -2.31. The van der Waals surface area contributed by atoms with E-state index in [1.54, 1.807) is 11.4 Å². The zero-order valence-corrected chi connectivity index (χ0v) is 16.7. The lowest BCUT2D eigenvalue weighted by Gasteiger charge is -2.25. The summed E-state index contributed by atoms with van der Waals surface area (Å²) in [4.78, 5) is 14.1. The molecule has 0 fully saturated rings. The molecule has 3 aromatic rings. The van der Waals surface area contributed by atoms with Gasteiger partial charge in [-0.1, -0.05) is 35.9 Å². The Hall–Kier alpha value is -2.54. The minimum absolute atomic E-state index is 0.0387. The van der Waals surface area contributed by atoms with Crippen LogP contribution in [-0.2, 0) is 0 Å². The van der Waals surface area contributed by atoms with Gasteiger partial charge in [0.2, 0.25) is 0 Å². The standard InChI is InChI=1S/C21H21ClN2O3S/c22-18-6-1-2-7-19(18)24(11-12-25)10-9-23-16-5-3-4-15(14-16)20-17(21(26)27)8-13-28-20/h1-8,13-14,23,25H,9-12H2,(H,26,27). The number of nitrogens with zero attached hydrogens (tertiary/aromatic N) is 1. The fourth-order valence-corrected chi connectivity index (χ4v) is 4.13. The van der Waals surface area contributed by atoms with E-state index in [9.17, 15) is 15.0 Å². The third kappa shape index (κ3) is 4.84. The van der Waals surface area contributed by atoms with Gasteiger partial charge in [0.25, 0.3) is 0 Å². The average molecular weight is 417 g/mol. The molecular weight excluding hydrogens is 396 g/mol. The third-order valence-corrected chi connectivity index (χ3v) is 5.58. The van der Waals surface area contributed by atoms with Crippen LogP contribution in [0.5, 0.6) is 0 Å². The third-order valence-electron chi connectivity index (χ3n) is 4.29. The second-order valence-corrected chi connectivity index (χ2v) is 7.46. The van der Waals surface area contributed by atoms with Crippen LogP contribution in [0, 0.1) is 0 Å². The molecule has 0 amide bonds. The quantitative estimate of drug-likeness (QED) is 0.472. The molecule has 0 radical (unpaired) electrons. The van der Waals surface area contributed by atoms with Crippen molar-refractivity contribution in [3.8, 4) is 10.4 Å². The van der Waals surface area contributed by atoms with Gasteiger partial charge in [0, 0.05) is 30.2 Å². The predicted octanol–water partition coefficient (Wildman–Crippen LogP) is 4.68. The van der Waals surface area contributed by atoms with Crippen molar-refractivity contribution < 1.29 is 15.0 Å². The van der Waals surface area contributed by atoms with E-state index in [4.69, 9.17) is 11.6 Å². The lowest BCUT2D eigenvalue weighted by atomic mass is 10.1. The fraction of sp³-hybridized carbons (Fsp3) is 0.190. The van der Waals surface area contributed by atoms with Gasteiger partial charge in [-0.25, -0.2) is 4.79 Å². The van der Waals surface area contributed by atoms with Gasteiger partial charge in [-0.15, -0.1) is 11.3 Å². The molecule has 0 aliphatic carbocycles. The van der Waals surface area contributed by atoms with E-state index in [1.165, 1.54) is 11.3 Å². The van der Waals surface area contributed by atoms with Crippen LogP contribution >= 0.6 is 22.9 Å². The van der Waals surface area contributed by atoms with Gasteiger partial charge in [-0.3, -0.25) is 0 Å². The molecule has 0 spiro atoms. The minimum atomic E-state index is -0.922. The maximum atomic E-state index is 11.4. The highest BCUT2D eigenvalue weighted by Crippen LogP contribution is 2.31. The number of para-hydroxylation sites is 1. The first kappa shape index (κ1) is 20.2. The lowest BCUT2D eigenvalue weighted by molar-refractivity contribution is 0.0698. The molecule has 1 aromatic heterocycles. The van der Waals surface area contributed by atoms with E-state index in [-0.39, 0.29) is 6.61 Å². The summed E-state index contributed by atoms with van der Waals surface area (Å²) in [6, 6.07) is 16.9. The van der Waals surface area contributed by atoms with Gasteiger partial charge >= 0.3 is 5.97 Å². The van der Waals surface area contributed by atoms with Gasteiger partial charge in [0.1, 0.15) is 0 Å². The summed E-state index contributed by atoms with van der Waals surface area (Å²) in [5.41, 5.74) is 2.98. The van der Waals surface area contributed by atoms with Crippen molar-refractivity contribution in [1.29, 1.82) is 0 Å². The van der Waals surface area contributed by atoms with Gasteiger partial charge < -0.3 is 20.4 Å². The van der Waals surface area contributed by atoms with E-state index in [0.29, 0.717) is 30.2 Å². The number of benzene rings is 2. The van der Waals surface area contributed by atoms with E-state index in [2.05, 4.69) is 5.32 Å². The zero-order valence-electron chi connectivity index (χ0n) is 15.1. The minimum Gasteiger partial charge on any atom is -0.478 e. The molecule has 0 bridgehead atoms. The van der Waals surface area contributed by atoms with Crippen molar-refractivity contribution in [2.75, 3.05) is 36.5 Å². The highest BCUT2D eigenvalue weighted by Gasteiger charge is 2.13. The van der Waals surface area contributed by atoms with Gasteiger partial charge in [0.05, 0.1) is 22.9 Å². The number of nitrogens with one attached hydrogen (secondary N) is 1. The largest absolute Gasteiger partial charge is 0.478 e. The Balaban J connectivity index is 1.68. The molecule has 1 heterocycles. The molecule has 28 heavy (non-hydrogen) atoms. The maximum absolute atomic E-state index is 11.4. The van der Waals surface area contributed by atoms with Crippen molar-refractivity contribution in [3.63, 3.8) is 0 Å². The van der Waals surface area contributed by atoms with Crippen molar-refractivity contribution in [2.45, 2.75) is 0 Å². The number of carboxylic acids is 1. The van der Waals surface area contributed by atoms with Gasteiger partial charge in [-0.2, -0.15) is 0 Å². The van der Waals surface area contributed by atoms with Crippen LogP contribution in [0.25, 0.3) is 10.4 Å². The first-order valence-corrected chi connectivity index (χ1v) is 10.1. The highest BCUT2D eigenvalue weighted by atomic mass is 35.5. The summed E-state index contributed by atoms with van der Waals surface area (Å²) < 4.78 is 0. The Morgan fingerprint density at radius 2 is 1.93 bits per heavy atom. The molecule has 3 rings (SSSR count). The Labute approximate surface area is 172 Å². The Bertz CT molecular complexity index is 945. The number of halogens is 1. The maximum Gasteiger partial charge on any atom is 0.337 e. The molecule has 146 valence electrons. The number of aliphatic hydroxyl groups is 1. The van der Waals surface area contributed by atoms with Gasteiger partial charge in [-0.05, 0) is 41.3 Å². The van der Waals surface area contributed by atoms with E-state index < -0.39 is 5.97 Å². The predicted molar refractivity (Wildman–Crippen MR) is 116 cm³/mol. The molecule has 5 nitrogen and oxygen atoms in total. The Kier molecular flexibility index (Phi) is 6.92. The van der Waals surface area contributed by atoms with Crippen molar-refractivity contribution in [3.05, 3.63) is 70.6 Å². The van der Waals surface area contributed by atoms with Crippen LogP contribution in [0.2, 0.25) is 5.02 Å². The smallest absolute Gasteiger partial charge is 0.337 e. The number of hydrogen-bond acceptors (Lipinski definition) is 5. The normalized spacial score (nSPS) is 10.6. The molecule has 0 saturated carbocycles. The number of carbonyl (C=O) groups is 1. The van der Waals surface area contributed by atoms with Crippen LogP contribution in [0.15, 0.2) is 60.0 Å². The number of carboxylic acid groups (broad SMARTS) is 1. The van der Waals surface area contributed by atoms with Crippen molar-refractivity contribution >= 4 is 40.3 Å². The van der Waals surface area contributed by atoms with Gasteiger partial charge in [0.15, 0.2) is 0 Å². The summed E-state index contributed by atoms with van der Waals surface area (Å²) in [5, 5.41) is 24.5. The highest BCUT2D eigenvalue weighted by molar-refractivity contribution is 7.14. The zero-order chi connectivity index (χ0) is 19.9.